The highest BCUT2D eigenvalue weighted by Crippen LogP contribution is 2.16. The summed E-state index contributed by atoms with van der Waals surface area (Å²) < 4.78 is 13.5. The third-order valence-corrected chi connectivity index (χ3v) is 4.21. The minimum atomic E-state index is -0.305. The Kier molecular flexibility index (Phi) is 5.51. The second kappa shape index (κ2) is 7.36. The summed E-state index contributed by atoms with van der Waals surface area (Å²) in [5.41, 5.74) is 0.444. The molecule has 0 saturated carbocycles. The molecule has 1 fully saturated rings. The van der Waals surface area contributed by atoms with Crippen molar-refractivity contribution in [2.24, 2.45) is 0 Å². The lowest BCUT2D eigenvalue weighted by molar-refractivity contribution is -0.127. The van der Waals surface area contributed by atoms with Gasteiger partial charge in [0.25, 0.3) is 0 Å². The van der Waals surface area contributed by atoms with Crippen LogP contribution >= 0.6 is 0 Å². The number of hydrogen-bond acceptors (Lipinski definition) is 2. The number of rotatable bonds is 4. The summed E-state index contributed by atoms with van der Waals surface area (Å²) in [6.07, 6.45) is 5.02. The average molecular weight is 290 g/mol. The van der Waals surface area contributed by atoms with Crippen molar-refractivity contribution in [1.82, 2.24) is 9.80 Å². The summed E-state index contributed by atoms with van der Waals surface area (Å²) in [5, 5.41) is 0. The number of piperidine rings is 1. The molecule has 0 atom stereocenters. The Morgan fingerprint density at radius 2 is 2.05 bits per heavy atom. The number of carbonyl (C=O) groups is 1. The molecule has 21 heavy (non-hydrogen) atoms. The Balaban J connectivity index is 1.93. The fourth-order valence-corrected chi connectivity index (χ4v) is 2.69. The molecule has 1 aliphatic rings. The SMILES string of the molecule is CCN1CCC(N(C)C(=O)/C=C/c2ccccc2F)CC1. The average Bonchev–Trinajstić information content (AvgIpc) is 2.53. The second-order valence-electron chi connectivity index (χ2n) is 5.47. The van der Waals surface area contributed by atoms with Crippen LogP contribution in [-0.4, -0.2) is 48.4 Å². The molecule has 2 rings (SSSR count). The van der Waals surface area contributed by atoms with Crippen LogP contribution in [-0.2, 0) is 4.79 Å². The lowest BCUT2D eigenvalue weighted by Crippen LogP contribution is -2.45. The van der Waals surface area contributed by atoms with Crippen molar-refractivity contribution in [2.45, 2.75) is 25.8 Å². The van der Waals surface area contributed by atoms with Crippen LogP contribution in [0.5, 0.6) is 0 Å². The van der Waals surface area contributed by atoms with E-state index in [0.717, 1.165) is 32.5 Å². The molecule has 0 aromatic heterocycles. The first-order valence-electron chi connectivity index (χ1n) is 7.53. The van der Waals surface area contributed by atoms with Gasteiger partial charge in [-0.2, -0.15) is 0 Å². The quantitative estimate of drug-likeness (QED) is 0.796. The van der Waals surface area contributed by atoms with Crippen molar-refractivity contribution in [3.8, 4) is 0 Å². The van der Waals surface area contributed by atoms with Crippen molar-refractivity contribution in [2.75, 3.05) is 26.7 Å². The van der Waals surface area contributed by atoms with E-state index in [-0.39, 0.29) is 17.8 Å². The van der Waals surface area contributed by atoms with Gasteiger partial charge >= 0.3 is 0 Å². The van der Waals surface area contributed by atoms with Crippen LogP contribution in [0, 0.1) is 5.82 Å². The molecular weight excluding hydrogens is 267 g/mol. The van der Waals surface area contributed by atoms with Crippen molar-refractivity contribution in [3.63, 3.8) is 0 Å². The van der Waals surface area contributed by atoms with Gasteiger partial charge in [0, 0.05) is 37.8 Å². The minimum absolute atomic E-state index is 0.0619. The molecule has 0 aliphatic carbocycles. The van der Waals surface area contributed by atoms with Crippen LogP contribution in [0.25, 0.3) is 6.08 Å². The molecule has 0 unspecified atom stereocenters. The third kappa shape index (κ3) is 4.14. The normalized spacial score (nSPS) is 17.3. The summed E-state index contributed by atoms with van der Waals surface area (Å²) in [6, 6.07) is 6.75. The van der Waals surface area contributed by atoms with E-state index in [0.29, 0.717) is 5.56 Å². The number of hydrogen-bond donors (Lipinski definition) is 0. The van der Waals surface area contributed by atoms with Gasteiger partial charge in [0.2, 0.25) is 5.91 Å². The molecule has 0 spiro atoms. The Bertz CT molecular complexity index is 507. The van der Waals surface area contributed by atoms with Gasteiger partial charge < -0.3 is 9.80 Å². The summed E-state index contributed by atoms with van der Waals surface area (Å²) in [5.74, 6) is -0.367. The monoisotopic (exact) mass is 290 g/mol. The highest BCUT2D eigenvalue weighted by Gasteiger charge is 2.23. The van der Waals surface area contributed by atoms with Crippen LogP contribution in [0.3, 0.4) is 0 Å². The van der Waals surface area contributed by atoms with E-state index in [9.17, 15) is 9.18 Å². The molecule has 1 aromatic rings. The molecule has 1 aromatic carbocycles. The largest absolute Gasteiger partial charge is 0.339 e. The Morgan fingerprint density at radius 3 is 2.67 bits per heavy atom. The van der Waals surface area contributed by atoms with Gasteiger partial charge in [-0.15, -0.1) is 0 Å². The van der Waals surface area contributed by atoms with Crippen LogP contribution in [0.2, 0.25) is 0 Å². The molecule has 1 saturated heterocycles. The van der Waals surface area contributed by atoms with Crippen LogP contribution in [0.1, 0.15) is 25.3 Å². The molecule has 0 bridgehead atoms. The van der Waals surface area contributed by atoms with E-state index in [2.05, 4.69) is 11.8 Å². The molecule has 0 N–H and O–H groups in total. The molecule has 3 nitrogen and oxygen atoms in total. The van der Waals surface area contributed by atoms with Crippen molar-refractivity contribution in [3.05, 3.63) is 41.7 Å². The van der Waals surface area contributed by atoms with Crippen molar-refractivity contribution < 1.29 is 9.18 Å². The predicted octanol–water partition coefficient (Wildman–Crippen LogP) is 2.78. The lowest BCUT2D eigenvalue weighted by atomic mass is 10.0. The fraction of sp³-hybridized carbons (Fsp3) is 0.471. The number of likely N-dealkylation sites (tertiary alicyclic amines) is 1. The van der Waals surface area contributed by atoms with Gasteiger partial charge in [0.1, 0.15) is 5.82 Å². The number of likely N-dealkylation sites (N-methyl/N-ethyl adjacent to an activating group) is 1. The van der Waals surface area contributed by atoms with Crippen molar-refractivity contribution in [1.29, 1.82) is 0 Å². The number of nitrogens with zero attached hydrogens (tertiary/aromatic N) is 2. The third-order valence-electron chi connectivity index (χ3n) is 4.21. The van der Waals surface area contributed by atoms with Gasteiger partial charge in [0.05, 0.1) is 0 Å². The highest BCUT2D eigenvalue weighted by molar-refractivity contribution is 5.91. The van der Waals surface area contributed by atoms with E-state index < -0.39 is 0 Å². The maximum Gasteiger partial charge on any atom is 0.246 e. The van der Waals surface area contributed by atoms with E-state index >= 15 is 0 Å². The Hall–Kier alpha value is -1.68. The first kappa shape index (κ1) is 15.7. The molecule has 0 radical (unpaired) electrons. The highest BCUT2D eigenvalue weighted by atomic mass is 19.1. The van der Waals surface area contributed by atoms with Gasteiger partial charge in [-0.1, -0.05) is 25.1 Å². The Morgan fingerprint density at radius 1 is 1.38 bits per heavy atom. The zero-order chi connectivity index (χ0) is 15.2. The summed E-state index contributed by atoms with van der Waals surface area (Å²) in [6.45, 7) is 5.30. The van der Waals surface area contributed by atoms with E-state index in [1.165, 1.54) is 12.1 Å². The summed E-state index contributed by atoms with van der Waals surface area (Å²) >= 11 is 0. The molecule has 1 amide bonds. The first-order valence-corrected chi connectivity index (χ1v) is 7.53. The van der Waals surface area contributed by atoms with Gasteiger partial charge in [-0.05, 0) is 31.5 Å². The zero-order valence-corrected chi connectivity index (χ0v) is 12.8. The minimum Gasteiger partial charge on any atom is -0.339 e. The van der Waals surface area contributed by atoms with Crippen LogP contribution in [0.15, 0.2) is 30.3 Å². The standard InChI is InChI=1S/C17H23FN2O/c1-3-20-12-10-15(11-13-20)19(2)17(21)9-8-14-6-4-5-7-16(14)18/h4-9,15H,3,10-13H2,1-2H3/b9-8+. The second-order valence-corrected chi connectivity index (χ2v) is 5.47. The van der Waals surface area contributed by atoms with Gasteiger partial charge in [-0.3, -0.25) is 4.79 Å². The first-order chi connectivity index (χ1) is 10.1. The zero-order valence-electron chi connectivity index (χ0n) is 12.8. The van der Waals surface area contributed by atoms with Crippen LogP contribution < -0.4 is 0 Å². The maximum atomic E-state index is 13.5. The topological polar surface area (TPSA) is 23.6 Å². The number of carbonyl (C=O) groups excluding carboxylic acids is 1. The number of amides is 1. The molecule has 1 aliphatic heterocycles. The number of halogens is 1. The Labute approximate surface area is 126 Å². The summed E-state index contributed by atoms with van der Waals surface area (Å²) in [4.78, 5) is 16.4. The van der Waals surface area contributed by atoms with Crippen molar-refractivity contribution >= 4 is 12.0 Å². The molecule has 114 valence electrons. The predicted molar refractivity (Wildman–Crippen MR) is 83.3 cm³/mol. The maximum absolute atomic E-state index is 13.5. The summed E-state index contributed by atoms with van der Waals surface area (Å²) in [7, 11) is 1.83. The van der Waals surface area contributed by atoms with E-state index in [1.807, 2.05) is 7.05 Å². The molecular formula is C17H23FN2O. The van der Waals surface area contributed by atoms with Crippen LogP contribution in [0.4, 0.5) is 4.39 Å². The smallest absolute Gasteiger partial charge is 0.246 e. The van der Waals surface area contributed by atoms with Gasteiger partial charge in [0.15, 0.2) is 0 Å². The van der Waals surface area contributed by atoms with E-state index in [1.54, 1.807) is 29.2 Å². The molecule has 1 heterocycles. The lowest BCUT2D eigenvalue weighted by Gasteiger charge is -2.35. The molecule has 4 heteroatoms. The number of benzene rings is 1. The fourth-order valence-electron chi connectivity index (χ4n) is 2.69. The van der Waals surface area contributed by atoms with E-state index in [4.69, 9.17) is 0 Å². The van der Waals surface area contributed by atoms with Gasteiger partial charge in [-0.25, -0.2) is 4.39 Å².